The predicted octanol–water partition coefficient (Wildman–Crippen LogP) is 5.07. The number of rotatable bonds is 3. The number of hydrogen-bond donors (Lipinski definition) is 2. The Morgan fingerprint density at radius 1 is 1.12 bits per heavy atom. The van der Waals surface area contributed by atoms with E-state index < -0.39 is 17.7 Å². The second kappa shape index (κ2) is 7.65. The lowest BCUT2D eigenvalue weighted by Crippen LogP contribution is -2.37. The van der Waals surface area contributed by atoms with E-state index in [4.69, 9.17) is 0 Å². The first-order valence-electron chi connectivity index (χ1n) is 10.7. The van der Waals surface area contributed by atoms with Crippen LogP contribution in [0, 0.1) is 17.0 Å². The molecule has 0 spiro atoms. The number of hydrogen-bond acceptors (Lipinski definition) is 4. The fraction of sp³-hybridized carbons (Fsp3) is 0.240. The van der Waals surface area contributed by atoms with Gasteiger partial charge in [0, 0.05) is 23.4 Å². The molecule has 1 aliphatic heterocycles. The monoisotopic (exact) mass is 448 g/mol. The number of ketones is 1. The number of halogens is 2. The molecule has 2 aromatic carbocycles. The van der Waals surface area contributed by atoms with Crippen molar-refractivity contribution in [1.29, 1.82) is 0 Å². The molecular formula is C25H22F2N4O2. The molecule has 2 aliphatic rings. The van der Waals surface area contributed by atoms with E-state index in [1.54, 1.807) is 12.1 Å². The zero-order chi connectivity index (χ0) is 23.3. The fourth-order valence-corrected chi connectivity index (χ4v) is 4.59. The van der Waals surface area contributed by atoms with Gasteiger partial charge in [-0.2, -0.15) is 5.10 Å². The molecule has 168 valence electrons. The van der Waals surface area contributed by atoms with Crippen molar-refractivity contribution in [2.24, 2.45) is 5.41 Å². The minimum Gasteiger partial charge on any atom is -0.343 e. The van der Waals surface area contributed by atoms with Crippen LogP contribution < -0.4 is 10.6 Å². The van der Waals surface area contributed by atoms with Gasteiger partial charge in [0.1, 0.15) is 17.4 Å². The Morgan fingerprint density at radius 3 is 2.61 bits per heavy atom. The van der Waals surface area contributed by atoms with Gasteiger partial charge in [-0.25, -0.2) is 13.5 Å². The molecule has 0 saturated heterocycles. The molecule has 0 saturated carbocycles. The number of anilines is 2. The zero-order valence-corrected chi connectivity index (χ0v) is 18.2. The molecular weight excluding hydrogens is 426 g/mol. The van der Waals surface area contributed by atoms with E-state index in [0.717, 1.165) is 12.1 Å². The van der Waals surface area contributed by atoms with Crippen molar-refractivity contribution in [2.75, 3.05) is 10.6 Å². The summed E-state index contributed by atoms with van der Waals surface area (Å²) in [6.45, 7) is 4.00. The summed E-state index contributed by atoms with van der Waals surface area (Å²) in [6.07, 6.45) is 2.31. The molecule has 6 nitrogen and oxygen atoms in total. The standard InChI is InChI=1S/C25H22F2N4O2/c1-25(2)11-19-21(20(32)12-25)22(14-8-9-17(26)18(27)10-14)31-23(30-19)16(13-28-31)24(33)29-15-6-4-3-5-7-15/h3-10,13,22,30H,11-12H2,1-2H3,(H,29,33)/t22-/m1/s1. The van der Waals surface area contributed by atoms with E-state index >= 15 is 0 Å². The minimum absolute atomic E-state index is 0.0834. The Morgan fingerprint density at radius 2 is 1.88 bits per heavy atom. The van der Waals surface area contributed by atoms with Gasteiger partial charge in [0.15, 0.2) is 17.4 Å². The van der Waals surface area contributed by atoms with Crippen LogP contribution in [0.1, 0.15) is 48.7 Å². The number of nitrogens with zero attached hydrogens (tertiary/aromatic N) is 2. The molecule has 0 bridgehead atoms. The van der Waals surface area contributed by atoms with E-state index in [2.05, 4.69) is 15.7 Å². The molecule has 8 heteroatoms. The molecule has 0 fully saturated rings. The Kier molecular flexibility index (Phi) is 4.88. The maximum Gasteiger partial charge on any atom is 0.261 e. The Bertz CT molecular complexity index is 1310. The van der Waals surface area contributed by atoms with Crippen molar-refractivity contribution in [3.63, 3.8) is 0 Å². The lowest BCUT2D eigenvalue weighted by atomic mass is 9.73. The summed E-state index contributed by atoms with van der Waals surface area (Å²) in [7, 11) is 0. The van der Waals surface area contributed by atoms with E-state index in [9.17, 15) is 18.4 Å². The topological polar surface area (TPSA) is 76.0 Å². The average Bonchev–Trinajstić information content (AvgIpc) is 3.18. The summed E-state index contributed by atoms with van der Waals surface area (Å²) < 4.78 is 29.3. The predicted molar refractivity (Wildman–Crippen MR) is 120 cm³/mol. The van der Waals surface area contributed by atoms with Gasteiger partial charge in [0.05, 0.1) is 6.20 Å². The summed E-state index contributed by atoms with van der Waals surface area (Å²) in [5.41, 5.74) is 2.16. The number of amides is 1. The Hall–Kier alpha value is -3.81. The summed E-state index contributed by atoms with van der Waals surface area (Å²) in [4.78, 5) is 26.2. The molecule has 1 aromatic heterocycles. The third-order valence-corrected chi connectivity index (χ3v) is 6.04. The third-order valence-electron chi connectivity index (χ3n) is 6.04. The van der Waals surface area contributed by atoms with Crippen LogP contribution in [-0.4, -0.2) is 21.5 Å². The van der Waals surface area contributed by atoms with Crippen LogP contribution in [0.4, 0.5) is 20.3 Å². The molecule has 1 amide bonds. The van der Waals surface area contributed by atoms with Crippen LogP contribution in [0.3, 0.4) is 0 Å². The van der Waals surface area contributed by atoms with Crippen molar-refractivity contribution in [3.05, 3.63) is 88.8 Å². The van der Waals surface area contributed by atoms with Gasteiger partial charge in [-0.1, -0.05) is 38.1 Å². The van der Waals surface area contributed by atoms with Crippen LogP contribution >= 0.6 is 0 Å². The summed E-state index contributed by atoms with van der Waals surface area (Å²) in [6, 6.07) is 11.8. The number of allylic oxidation sites excluding steroid dienone is 2. The highest BCUT2D eigenvalue weighted by molar-refractivity contribution is 6.08. The van der Waals surface area contributed by atoms with Crippen LogP contribution in [-0.2, 0) is 4.79 Å². The number of aromatic nitrogens is 2. The van der Waals surface area contributed by atoms with Gasteiger partial charge in [-0.3, -0.25) is 9.59 Å². The highest BCUT2D eigenvalue weighted by Gasteiger charge is 2.42. The van der Waals surface area contributed by atoms with E-state index in [-0.39, 0.29) is 22.7 Å². The van der Waals surface area contributed by atoms with E-state index in [1.807, 2.05) is 32.0 Å². The van der Waals surface area contributed by atoms with Crippen LogP contribution in [0.25, 0.3) is 0 Å². The van der Waals surface area contributed by atoms with Gasteiger partial charge in [-0.05, 0) is 41.7 Å². The first-order chi connectivity index (χ1) is 15.7. The molecule has 2 heterocycles. The number of nitrogens with one attached hydrogen (secondary N) is 2. The van der Waals surface area contributed by atoms with E-state index in [0.29, 0.717) is 41.2 Å². The van der Waals surface area contributed by atoms with Crippen molar-refractivity contribution in [1.82, 2.24) is 9.78 Å². The first kappa shape index (κ1) is 21.1. The normalized spacial score (nSPS) is 18.9. The van der Waals surface area contributed by atoms with Crippen molar-refractivity contribution in [3.8, 4) is 0 Å². The largest absolute Gasteiger partial charge is 0.343 e. The van der Waals surface area contributed by atoms with Gasteiger partial charge in [0.25, 0.3) is 5.91 Å². The first-order valence-corrected chi connectivity index (χ1v) is 10.7. The summed E-state index contributed by atoms with van der Waals surface area (Å²) in [5, 5.41) is 10.5. The molecule has 0 unspecified atom stereocenters. The molecule has 5 rings (SSSR count). The third kappa shape index (κ3) is 3.71. The second-order valence-corrected chi connectivity index (χ2v) is 9.21. The van der Waals surface area contributed by atoms with Crippen molar-refractivity contribution in [2.45, 2.75) is 32.7 Å². The highest BCUT2D eigenvalue weighted by Crippen LogP contribution is 2.46. The lowest BCUT2D eigenvalue weighted by Gasteiger charge is -2.39. The number of carbonyl (C=O) groups is 2. The smallest absolute Gasteiger partial charge is 0.261 e. The molecule has 1 aliphatic carbocycles. The highest BCUT2D eigenvalue weighted by atomic mass is 19.2. The van der Waals surface area contributed by atoms with Gasteiger partial charge < -0.3 is 10.6 Å². The summed E-state index contributed by atoms with van der Waals surface area (Å²) in [5.74, 6) is -2.03. The minimum atomic E-state index is -1.01. The number of carbonyl (C=O) groups excluding carboxylic acids is 2. The van der Waals surface area contributed by atoms with Crippen LogP contribution in [0.15, 0.2) is 66.0 Å². The molecule has 3 aromatic rings. The maximum absolute atomic E-state index is 14.1. The second-order valence-electron chi connectivity index (χ2n) is 9.21. The Labute approximate surface area is 189 Å². The number of para-hydroxylation sites is 1. The fourth-order valence-electron chi connectivity index (χ4n) is 4.59. The van der Waals surface area contributed by atoms with Crippen molar-refractivity contribution >= 4 is 23.2 Å². The summed E-state index contributed by atoms with van der Waals surface area (Å²) >= 11 is 0. The molecule has 2 N–H and O–H groups in total. The zero-order valence-electron chi connectivity index (χ0n) is 18.2. The van der Waals surface area contributed by atoms with Gasteiger partial charge in [-0.15, -0.1) is 0 Å². The van der Waals surface area contributed by atoms with Crippen molar-refractivity contribution < 1.29 is 18.4 Å². The molecule has 0 radical (unpaired) electrons. The molecule has 1 atom stereocenters. The number of fused-ring (bicyclic) bond motifs is 1. The van der Waals surface area contributed by atoms with Crippen LogP contribution in [0.2, 0.25) is 0 Å². The maximum atomic E-state index is 14.1. The van der Waals surface area contributed by atoms with Gasteiger partial charge >= 0.3 is 0 Å². The van der Waals surface area contributed by atoms with E-state index in [1.165, 1.54) is 16.9 Å². The number of Topliss-reactive ketones (excluding diaryl/α,β-unsaturated/α-hetero) is 1. The quantitative estimate of drug-likeness (QED) is 0.587. The average molecular weight is 448 g/mol. The molecule has 33 heavy (non-hydrogen) atoms. The SMILES string of the molecule is CC1(C)CC(=O)C2=C(C1)Nc1c(C(=O)Nc3ccccc3)cnn1[C@@H]2c1ccc(F)c(F)c1. The number of benzene rings is 2. The van der Waals surface area contributed by atoms with Gasteiger partial charge in [0.2, 0.25) is 0 Å². The lowest BCUT2D eigenvalue weighted by molar-refractivity contribution is -0.118. The Balaban J connectivity index is 1.62. The van der Waals surface area contributed by atoms with Crippen LogP contribution in [0.5, 0.6) is 0 Å².